The van der Waals surface area contributed by atoms with Gasteiger partial charge in [0, 0.05) is 9.79 Å². The van der Waals surface area contributed by atoms with E-state index in [0.717, 1.165) is 23.7 Å². The van der Waals surface area contributed by atoms with Crippen molar-refractivity contribution in [1.82, 2.24) is 0 Å². The van der Waals surface area contributed by atoms with Crippen molar-refractivity contribution in [3.8, 4) is 0 Å². The maximum atomic E-state index is 2.53. The summed E-state index contributed by atoms with van der Waals surface area (Å²) in [7, 11) is 4.37. The summed E-state index contributed by atoms with van der Waals surface area (Å²) < 4.78 is 0. The van der Waals surface area contributed by atoms with Crippen molar-refractivity contribution >= 4 is 21.6 Å². The highest BCUT2D eigenvalue weighted by Crippen LogP contribution is 2.53. The SMILES string of the molecule is c1cc(C2CCCCC2)c(SSc2c(C3CCCCC3)cccc2C2CCCCC2)c(C2CCCCC2)c1. The Bertz CT molecular complexity index is 862. The third-order valence-corrected chi connectivity index (χ3v) is 13.1. The van der Waals surface area contributed by atoms with Crippen LogP contribution in [0, 0.1) is 0 Å². The van der Waals surface area contributed by atoms with Crippen LogP contribution in [0.1, 0.15) is 174 Å². The minimum atomic E-state index is 0.779. The molecule has 0 heterocycles. The molecule has 0 N–H and O–H groups in total. The first-order chi connectivity index (χ1) is 18.9. The topological polar surface area (TPSA) is 0 Å². The fraction of sp³-hybridized carbons (Fsp3) is 0.667. The molecule has 0 aromatic heterocycles. The molecule has 0 radical (unpaired) electrons. The van der Waals surface area contributed by atoms with Crippen LogP contribution >= 0.6 is 21.6 Å². The highest BCUT2D eigenvalue weighted by molar-refractivity contribution is 8.76. The number of rotatable bonds is 7. The predicted molar refractivity (Wildman–Crippen MR) is 168 cm³/mol. The average molecular weight is 547 g/mol. The fourth-order valence-corrected chi connectivity index (χ4v) is 11.5. The van der Waals surface area contributed by atoms with Gasteiger partial charge in [-0.05, 0) is 97.3 Å². The normalized spacial score (nSPS) is 23.1. The summed E-state index contributed by atoms with van der Waals surface area (Å²) >= 11 is 0. The van der Waals surface area contributed by atoms with Crippen LogP contribution in [-0.2, 0) is 0 Å². The number of hydrogen-bond acceptors (Lipinski definition) is 2. The Morgan fingerprint density at radius 3 is 0.816 bits per heavy atom. The fourth-order valence-electron chi connectivity index (χ4n) is 8.36. The summed E-state index contributed by atoms with van der Waals surface area (Å²) in [5.41, 5.74) is 6.83. The van der Waals surface area contributed by atoms with Gasteiger partial charge in [0.05, 0.1) is 0 Å². The first-order valence-corrected chi connectivity index (χ1v) is 18.6. The Hall–Kier alpha value is -0.860. The van der Waals surface area contributed by atoms with Gasteiger partial charge in [-0.25, -0.2) is 0 Å². The van der Waals surface area contributed by atoms with Gasteiger partial charge < -0.3 is 0 Å². The van der Waals surface area contributed by atoms with E-state index in [-0.39, 0.29) is 0 Å². The van der Waals surface area contributed by atoms with Crippen molar-refractivity contribution in [3.05, 3.63) is 58.7 Å². The molecule has 4 aliphatic rings. The van der Waals surface area contributed by atoms with Gasteiger partial charge in [-0.2, -0.15) is 0 Å². The van der Waals surface area contributed by atoms with Crippen molar-refractivity contribution in [2.24, 2.45) is 0 Å². The van der Waals surface area contributed by atoms with E-state index in [9.17, 15) is 0 Å². The highest BCUT2D eigenvalue weighted by Gasteiger charge is 2.28. The zero-order valence-electron chi connectivity index (χ0n) is 23.7. The minimum Gasteiger partial charge on any atom is -0.0616 e. The lowest BCUT2D eigenvalue weighted by atomic mass is 9.80. The van der Waals surface area contributed by atoms with Gasteiger partial charge in [-0.15, -0.1) is 0 Å². The molecule has 2 heteroatoms. The molecular weight excluding hydrogens is 497 g/mol. The van der Waals surface area contributed by atoms with Gasteiger partial charge >= 0.3 is 0 Å². The van der Waals surface area contributed by atoms with Crippen molar-refractivity contribution in [2.45, 2.75) is 162 Å². The Labute approximate surface area is 241 Å². The number of hydrogen-bond donors (Lipinski definition) is 0. The smallest absolute Gasteiger partial charge is 0.0255 e. The molecule has 2 aromatic rings. The molecule has 0 spiro atoms. The molecule has 4 aliphatic carbocycles. The van der Waals surface area contributed by atoms with E-state index in [1.165, 1.54) is 128 Å². The molecule has 0 unspecified atom stereocenters. The van der Waals surface area contributed by atoms with Gasteiger partial charge in [-0.3, -0.25) is 0 Å². The quantitative estimate of drug-likeness (QED) is 0.317. The van der Waals surface area contributed by atoms with Crippen molar-refractivity contribution in [2.75, 3.05) is 0 Å². The molecule has 0 aliphatic heterocycles. The van der Waals surface area contributed by atoms with Crippen LogP contribution in [0.4, 0.5) is 0 Å². The lowest BCUT2D eigenvalue weighted by molar-refractivity contribution is 0.427. The molecular formula is C36H50S2. The molecule has 38 heavy (non-hydrogen) atoms. The molecule has 0 amide bonds. The summed E-state index contributed by atoms with van der Waals surface area (Å²) in [5, 5.41) is 0. The predicted octanol–water partition coefficient (Wildman–Crippen LogP) is 12.7. The Morgan fingerprint density at radius 1 is 0.342 bits per heavy atom. The second-order valence-electron chi connectivity index (χ2n) is 13.0. The van der Waals surface area contributed by atoms with Gasteiger partial charge in [0.15, 0.2) is 0 Å². The maximum absolute atomic E-state index is 2.53. The van der Waals surface area contributed by atoms with E-state index in [1.54, 1.807) is 32.0 Å². The van der Waals surface area contributed by atoms with Crippen molar-refractivity contribution < 1.29 is 0 Å². The molecule has 206 valence electrons. The Balaban J connectivity index is 1.36. The highest BCUT2D eigenvalue weighted by atomic mass is 33.1. The molecule has 0 bridgehead atoms. The molecule has 0 saturated heterocycles. The van der Waals surface area contributed by atoms with E-state index < -0.39 is 0 Å². The van der Waals surface area contributed by atoms with Crippen LogP contribution in [0.2, 0.25) is 0 Å². The number of benzene rings is 2. The van der Waals surface area contributed by atoms with Crippen LogP contribution in [0.5, 0.6) is 0 Å². The summed E-state index contributed by atoms with van der Waals surface area (Å²) in [4.78, 5) is 3.37. The zero-order chi connectivity index (χ0) is 25.6. The van der Waals surface area contributed by atoms with E-state index in [1.807, 2.05) is 0 Å². The molecule has 0 nitrogen and oxygen atoms in total. The van der Waals surface area contributed by atoms with Gasteiger partial charge in [-0.1, -0.05) is 135 Å². The monoisotopic (exact) mass is 546 g/mol. The van der Waals surface area contributed by atoms with Crippen molar-refractivity contribution in [1.29, 1.82) is 0 Å². The second-order valence-corrected chi connectivity index (χ2v) is 15.2. The van der Waals surface area contributed by atoms with Crippen LogP contribution in [-0.4, -0.2) is 0 Å². The van der Waals surface area contributed by atoms with Gasteiger partial charge in [0.2, 0.25) is 0 Å². The Kier molecular flexibility index (Phi) is 9.83. The van der Waals surface area contributed by atoms with Crippen molar-refractivity contribution in [3.63, 3.8) is 0 Å². The summed E-state index contributed by atoms with van der Waals surface area (Å²) in [5.74, 6) is 3.12. The molecule has 4 fully saturated rings. The average Bonchev–Trinajstić information content (AvgIpc) is 3.01. The molecule has 6 rings (SSSR count). The largest absolute Gasteiger partial charge is 0.0616 e. The third kappa shape index (κ3) is 6.38. The van der Waals surface area contributed by atoms with Gasteiger partial charge in [0.25, 0.3) is 0 Å². The standard InChI is InChI=1S/C36H50S2/c1-5-15-27(16-6-1)31-23-13-24-32(28-17-7-2-8-18-28)35(31)37-38-36-33(29-19-9-3-10-20-29)25-14-26-34(36)30-21-11-4-12-22-30/h13-14,23-30H,1-12,15-22H2. The van der Waals surface area contributed by atoms with Crippen LogP contribution in [0.25, 0.3) is 0 Å². The molecule has 2 aromatic carbocycles. The summed E-state index contributed by atoms with van der Waals surface area (Å²) in [6, 6.07) is 15.0. The van der Waals surface area contributed by atoms with E-state index >= 15 is 0 Å². The van der Waals surface area contributed by atoms with Crippen LogP contribution in [0.15, 0.2) is 46.2 Å². The second kappa shape index (κ2) is 13.7. The van der Waals surface area contributed by atoms with E-state index in [0.29, 0.717) is 0 Å². The third-order valence-electron chi connectivity index (χ3n) is 10.5. The molecule has 0 atom stereocenters. The molecule has 4 saturated carbocycles. The zero-order valence-corrected chi connectivity index (χ0v) is 25.4. The first-order valence-electron chi connectivity index (χ1n) is 16.5. The summed E-state index contributed by atoms with van der Waals surface area (Å²) in [6.45, 7) is 0. The summed E-state index contributed by atoms with van der Waals surface area (Å²) in [6.07, 6.45) is 28.3. The lowest BCUT2D eigenvalue weighted by Gasteiger charge is -2.31. The van der Waals surface area contributed by atoms with E-state index in [4.69, 9.17) is 0 Å². The lowest BCUT2D eigenvalue weighted by Crippen LogP contribution is -2.11. The first kappa shape index (κ1) is 27.3. The van der Waals surface area contributed by atoms with E-state index in [2.05, 4.69) is 58.0 Å². The van der Waals surface area contributed by atoms with Gasteiger partial charge in [0.1, 0.15) is 0 Å². The Morgan fingerprint density at radius 2 is 0.579 bits per heavy atom. The van der Waals surface area contributed by atoms with Crippen LogP contribution in [0.3, 0.4) is 0 Å². The minimum absolute atomic E-state index is 0.779. The van der Waals surface area contributed by atoms with Crippen LogP contribution < -0.4 is 0 Å². The maximum Gasteiger partial charge on any atom is 0.0255 e.